The number of aliphatic carboxylic acids is 1. The summed E-state index contributed by atoms with van der Waals surface area (Å²) in [6.45, 7) is 4.09. The molecule has 0 spiro atoms. The van der Waals surface area contributed by atoms with Gasteiger partial charge >= 0.3 is 12.1 Å². The highest BCUT2D eigenvalue weighted by molar-refractivity contribution is 5.67. The number of hydrogen-bond acceptors (Lipinski definition) is 2. The highest BCUT2D eigenvalue weighted by atomic mass is 19.4. The summed E-state index contributed by atoms with van der Waals surface area (Å²) in [4.78, 5) is 11.6. The molecule has 0 aliphatic rings. The van der Waals surface area contributed by atoms with Crippen LogP contribution in [0.3, 0.4) is 0 Å². The quantitative estimate of drug-likeness (QED) is 0.744. The van der Waals surface area contributed by atoms with E-state index in [1.165, 1.54) is 4.90 Å². The minimum absolute atomic E-state index is 0.269. The predicted octanol–water partition coefficient (Wildman–Crippen LogP) is 2.51. The van der Waals surface area contributed by atoms with Crippen molar-refractivity contribution in [3.63, 3.8) is 0 Å². The summed E-state index contributed by atoms with van der Waals surface area (Å²) in [6, 6.07) is -1.87. The smallest absolute Gasteiger partial charge is 0.404 e. The van der Waals surface area contributed by atoms with E-state index in [4.69, 9.17) is 5.11 Å². The van der Waals surface area contributed by atoms with Crippen molar-refractivity contribution in [2.45, 2.75) is 45.3 Å². The number of carboxylic acids is 1. The first-order valence-corrected chi connectivity index (χ1v) is 5.35. The summed E-state index contributed by atoms with van der Waals surface area (Å²) < 4.78 is 38.0. The van der Waals surface area contributed by atoms with Gasteiger partial charge in [-0.3, -0.25) is 9.69 Å². The molecule has 0 aliphatic carbocycles. The molecule has 0 amide bonds. The second kappa shape index (κ2) is 6.73. The number of carboxylic acid groups (broad SMARTS) is 1. The van der Waals surface area contributed by atoms with Crippen molar-refractivity contribution in [2.75, 3.05) is 13.1 Å². The molecule has 0 rings (SSSR count). The van der Waals surface area contributed by atoms with Gasteiger partial charge in [-0.2, -0.15) is 13.2 Å². The molecule has 16 heavy (non-hydrogen) atoms. The zero-order valence-corrected chi connectivity index (χ0v) is 9.55. The summed E-state index contributed by atoms with van der Waals surface area (Å²) in [7, 11) is 0. The van der Waals surface area contributed by atoms with E-state index < -0.39 is 24.6 Å². The van der Waals surface area contributed by atoms with E-state index in [1.807, 2.05) is 0 Å². The van der Waals surface area contributed by atoms with Crippen LogP contribution in [0, 0.1) is 0 Å². The van der Waals surface area contributed by atoms with Gasteiger partial charge in [-0.1, -0.05) is 13.8 Å². The van der Waals surface area contributed by atoms with Gasteiger partial charge in [0.2, 0.25) is 0 Å². The van der Waals surface area contributed by atoms with Crippen molar-refractivity contribution < 1.29 is 23.1 Å². The molecule has 0 aromatic heterocycles. The summed E-state index contributed by atoms with van der Waals surface area (Å²) in [5.41, 5.74) is 0. The van der Waals surface area contributed by atoms with Crippen molar-refractivity contribution in [3.05, 3.63) is 0 Å². The van der Waals surface area contributed by atoms with Gasteiger partial charge in [-0.15, -0.1) is 0 Å². The Morgan fingerprint density at radius 2 is 1.69 bits per heavy atom. The SMILES string of the molecule is CCCN(CCC)C(CC(=O)O)C(F)(F)F. The molecular formula is C10H18F3NO2. The number of halogens is 3. The van der Waals surface area contributed by atoms with Crippen LogP contribution in [0.1, 0.15) is 33.1 Å². The van der Waals surface area contributed by atoms with Crippen LogP contribution in [-0.4, -0.2) is 41.3 Å². The number of alkyl halides is 3. The van der Waals surface area contributed by atoms with Crippen LogP contribution in [0.15, 0.2) is 0 Å². The lowest BCUT2D eigenvalue weighted by Gasteiger charge is -2.31. The Morgan fingerprint density at radius 1 is 1.25 bits per heavy atom. The highest BCUT2D eigenvalue weighted by Crippen LogP contribution is 2.27. The van der Waals surface area contributed by atoms with Crippen molar-refractivity contribution in [2.24, 2.45) is 0 Å². The number of carbonyl (C=O) groups is 1. The second-order valence-corrected chi connectivity index (χ2v) is 3.69. The van der Waals surface area contributed by atoms with Crippen molar-refractivity contribution in [3.8, 4) is 0 Å². The first kappa shape index (κ1) is 15.2. The first-order chi connectivity index (χ1) is 7.32. The molecule has 0 aromatic rings. The van der Waals surface area contributed by atoms with Crippen molar-refractivity contribution in [1.82, 2.24) is 4.90 Å². The Hall–Kier alpha value is -0.780. The van der Waals surface area contributed by atoms with Gasteiger partial charge in [0.15, 0.2) is 0 Å². The molecule has 0 heterocycles. The van der Waals surface area contributed by atoms with E-state index in [2.05, 4.69) is 0 Å². The predicted molar refractivity (Wildman–Crippen MR) is 54.3 cm³/mol. The van der Waals surface area contributed by atoms with Crippen molar-refractivity contribution in [1.29, 1.82) is 0 Å². The molecule has 0 aliphatic heterocycles. The zero-order chi connectivity index (χ0) is 12.8. The molecule has 1 N–H and O–H groups in total. The molecule has 6 heteroatoms. The largest absolute Gasteiger partial charge is 0.481 e. The van der Waals surface area contributed by atoms with Gasteiger partial charge in [0.05, 0.1) is 6.42 Å². The normalized spacial score (nSPS) is 14.1. The van der Waals surface area contributed by atoms with Crippen molar-refractivity contribution >= 4 is 5.97 Å². The fourth-order valence-electron chi connectivity index (χ4n) is 1.62. The molecule has 0 radical (unpaired) electrons. The Kier molecular flexibility index (Phi) is 6.40. The highest BCUT2D eigenvalue weighted by Gasteiger charge is 2.44. The summed E-state index contributed by atoms with van der Waals surface area (Å²) in [5, 5.41) is 8.51. The maximum Gasteiger partial charge on any atom is 0.404 e. The molecule has 3 nitrogen and oxygen atoms in total. The molecular weight excluding hydrogens is 223 g/mol. The van der Waals surface area contributed by atoms with E-state index in [1.54, 1.807) is 13.8 Å². The average molecular weight is 241 g/mol. The zero-order valence-electron chi connectivity index (χ0n) is 9.55. The maximum atomic E-state index is 12.7. The van der Waals surface area contributed by atoms with E-state index in [0.717, 1.165) is 0 Å². The minimum atomic E-state index is -4.48. The van der Waals surface area contributed by atoms with Crippen LogP contribution < -0.4 is 0 Å². The third kappa shape index (κ3) is 5.34. The van der Waals surface area contributed by atoms with Gasteiger partial charge in [0.25, 0.3) is 0 Å². The number of nitrogens with zero attached hydrogens (tertiary/aromatic N) is 1. The molecule has 0 bridgehead atoms. The van der Waals surface area contributed by atoms with Gasteiger partial charge < -0.3 is 5.11 Å². The Bertz CT molecular complexity index is 213. The van der Waals surface area contributed by atoms with Crippen LogP contribution in [0.5, 0.6) is 0 Å². The lowest BCUT2D eigenvalue weighted by molar-refractivity contribution is -0.190. The van der Waals surface area contributed by atoms with Gasteiger partial charge in [-0.25, -0.2) is 0 Å². The summed E-state index contributed by atoms with van der Waals surface area (Å²) in [6.07, 6.45) is -4.22. The van der Waals surface area contributed by atoms with E-state index >= 15 is 0 Å². The van der Waals surface area contributed by atoms with Gasteiger partial charge in [0.1, 0.15) is 6.04 Å². The first-order valence-electron chi connectivity index (χ1n) is 5.35. The Labute approximate surface area is 93.2 Å². The van der Waals surface area contributed by atoms with Crippen LogP contribution in [0.2, 0.25) is 0 Å². The monoisotopic (exact) mass is 241 g/mol. The third-order valence-electron chi connectivity index (χ3n) is 2.21. The Balaban J connectivity index is 4.73. The number of hydrogen-bond donors (Lipinski definition) is 1. The fourth-order valence-corrected chi connectivity index (χ4v) is 1.62. The third-order valence-corrected chi connectivity index (χ3v) is 2.21. The van der Waals surface area contributed by atoms with E-state index in [0.29, 0.717) is 12.8 Å². The Morgan fingerprint density at radius 3 is 1.94 bits per heavy atom. The van der Waals surface area contributed by atoms with Crippen LogP contribution in [-0.2, 0) is 4.79 Å². The molecule has 0 saturated heterocycles. The summed E-state index contributed by atoms with van der Waals surface area (Å²) in [5.74, 6) is -1.42. The standard InChI is InChI=1S/C10H18F3NO2/c1-3-5-14(6-4-2)8(7-9(15)16)10(11,12)13/h8H,3-7H2,1-2H3,(H,15,16). The molecule has 0 aromatic carbocycles. The van der Waals surface area contributed by atoms with E-state index in [-0.39, 0.29) is 13.1 Å². The average Bonchev–Trinajstić information content (AvgIpc) is 2.12. The maximum absolute atomic E-state index is 12.7. The van der Waals surface area contributed by atoms with E-state index in [9.17, 15) is 18.0 Å². The molecule has 0 fully saturated rings. The van der Waals surface area contributed by atoms with Crippen LogP contribution >= 0.6 is 0 Å². The fraction of sp³-hybridized carbons (Fsp3) is 0.900. The molecule has 0 saturated carbocycles. The van der Waals surface area contributed by atoms with Crippen LogP contribution in [0.25, 0.3) is 0 Å². The molecule has 96 valence electrons. The number of rotatable bonds is 7. The molecule has 1 atom stereocenters. The molecule has 1 unspecified atom stereocenters. The topological polar surface area (TPSA) is 40.5 Å². The summed E-state index contributed by atoms with van der Waals surface area (Å²) >= 11 is 0. The lowest BCUT2D eigenvalue weighted by atomic mass is 10.1. The lowest BCUT2D eigenvalue weighted by Crippen LogP contribution is -2.47. The van der Waals surface area contributed by atoms with Gasteiger partial charge in [-0.05, 0) is 25.9 Å². The van der Waals surface area contributed by atoms with Crippen LogP contribution in [0.4, 0.5) is 13.2 Å². The van der Waals surface area contributed by atoms with Gasteiger partial charge in [0, 0.05) is 0 Å². The second-order valence-electron chi connectivity index (χ2n) is 3.69. The minimum Gasteiger partial charge on any atom is -0.481 e.